The maximum Gasteiger partial charge on any atom is 0.0895 e. The maximum atomic E-state index is 6.24. The van der Waals surface area contributed by atoms with Crippen molar-refractivity contribution in [3.05, 3.63) is 39.5 Å². The van der Waals surface area contributed by atoms with Crippen molar-refractivity contribution < 1.29 is 0 Å². The molecule has 2 rings (SSSR count). The van der Waals surface area contributed by atoms with E-state index in [1.54, 1.807) is 6.07 Å². The zero-order valence-electron chi connectivity index (χ0n) is 11.4. The fraction of sp³-hybridized carbons (Fsp3) is 0.400. The third-order valence-corrected chi connectivity index (χ3v) is 3.77. The summed E-state index contributed by atoms with van der Waals surface area (Å²) in [6.45, 7) is 6.91. The van der Waals surface area contributed by atoms with E-state index >= 15 is 0 Å². The van der Waals surface area contributed by atoms with Crippen LogP contribution in [0, 0.1) is 12.3 Å². The highest BCUT2D eigenvalue weighted by molar-refractivity contribution is 6.38. The molecule has 0 fully saturated rings. The molecule has 0 aliphatic rings. The Balaban J connectivity index is 2.66. The van der Waals surface area contributed by atoms with E-state index in [4.69, 9.17) is 28.9 Å². The summed E-state index contributed by atoms with van der Waals surface area (Å²) < 4.78 is 0. The molecule has 0 atom stereocenters. The average Bonchev–Trinajstić information content (AvgIpc) is 2.30. The molecular formula is C15H18Cl2N2. The van der Waals surface area contributed by atoms with Gasteiger partial charge in [-0.3, -0.25) is 4.98 Å². The van der Waals surface area contributed by atoms with Crippen molar-refractivity contribution in [3.63, 3.8) is 0 Å². The van der Waals surface area contributed by atoms with Gasteiger partial charge in [-0.25, -0.2) is 0 Å². The van der Waals surface area contributed by atoms with Gasteiger partial charge in [0.15, 0.2) is 0 Å². The van der Waals surface area contributed by atoms with Gasteiger partial charge in [-0.05, 0) is 49.1 Å². The van der Waals surface area contributed by atoms with Crippen LogP contribution >= 0.6 is 23.2 Å². The zero-order chi connectivity index (χ0) is 14.2. The molecule has 0 aliphatic carbocycles. The minimum absolute atomic E-state index is 0.0372. The topological polar surface area (TPSA) is 38.9 Å². The molecule has 0 spiro atoms. The minimum Gasteiger partial charge on any atom is -0.330 e. The molecule has 2 N–H and O–H groups in total. The zero-order valence-corrected chi connectivity index (χ0v) is 12.9. The Labute approximate surface area is 123 Å². The Morgan fingerprint density at radius 3 is 2.53 bits per heavy atom. The van der Waals surface area contributed by atoms with Crippen LogP contribution in [0.1, 0.15) is 25.1 Å². The molecule has 19 heavy (non-hydrogen) atoms. The predicted octanol–water partition coefficient (Wildman–Crippen LogP) is 4.38. The van der Waals surface area contributed by atoms with Crippen LogP contribution in [0.5, 0.6) is 0 Å². The second kappa shape index (κ2) is 5.28. The number of hydrogen-bond acceptors (Lipinski definition) is 2. The van der Waals surface area contributed by atoms with Crippen LogP contribution in [0.3, 0.4) is 0 Å². The summed E-state index contributed by atoms with van der Waals surface area (Å²) in [5.74, 6) is 0. The van der Waals surface area contributed by atoms with Crippen molar-refractivity contribution in [1.82, 2.24) is 4.98 Å². The standard InChI is InChI=1S/C15H18Cl2N2/c1-9-4-10(7-15(2,3)8-18)12-5-11(16)6-13(17)14(12)19-9/h4-6H,7-8,18H2,1-3H3. The molecule has 1 heterocycles. The number of nitrogens with zero attached hydrogens (tertiary/aromatic N) is 1. The van der Waals surface area contributed by atoms with E-state index in [-0.39, 0.29) is 5.41 Å². The van der Waals surface area contributed by atoms with Crippen molar-refractivity contribution in [1.29, 1.82) is 0 Å². The van der Waals surface area contributed by atoms with E-state index < -0.39 is 0 Å². The molecule has 0 radical (unpaired) electrons. The van der Waals surface area contributed by atoms with Crippen molar-refractivity contribution in [3.8, 4) is 0 Å². The molecule has 0 saturated carbocycles. The third-order valence-electron chi connectivity index (χ3n) is 3.27. The average molecular weight is 297 g/mol. The molecule has 102 valence electrons. The highest BCUT2D eigenvalue weighted by atomic mass is 35.5. The van der Waals surface area contributed by atoms with Gasteiger partial charge in [-0.1, -0.05) is 37.0 Å². The van der Waals surface area contributed by atoms with Gasteiger partial charge in [0.25, 0.3) is 0 Å². The monoisotopic (exact) mass is 296 g/mol. The number of benzene rings is 1. The van der Waals surface area contributed by atoms with Crippen LogP contribution in [0.25, 0.3) is 10.9 Å². The smallest absolute Gasteiger partial charge is 0.0895 e. The first-order valence-electron chi connectivity index (χ1n) is 6.28. The number of aryl methyl sites for hydroxylation is 1. The first-order valence-corrected chi connectivity index (χ1v) is 7.03. The van der Waals surface area contributed by atoms with Crippen molar-refractivity contribution >= 4 is 34.1 Å². The predicted molar refractivity (Wildman–Crippen MR) is 83.0 cm³/mol. The van der Waals surface area contributed by atoms with Crippen LogP contribution in [-0.4, -0.2) is 11.5 Å². The SMILES string of the molecule is Cc1cc(CC(C)(C)CN)c2cc(Cl)cc(Cl)c2n1. The molecule has 0 amide bonds. The summed E-state index contributed by atoms with van der Waals surface area (Å²) >= 11 is 12.3. The molecule has 0 saturated heterocycles. The molecule has 1 aromatic heterocycles. The maximum absolute atomic E-state index is 6.24. The van der Waals surface area contributed by atoms with Crippen LogP contribution in [0.2, 0.25) is 10.0 Å². The van der Waals surface area contributed by atoms with E-state index in [1.807, 2.05) is 13.0 Å². The lowest BCUT2D eigenvalue weighted by Gasteiger charge is -2.23. The van der Waals surface area contributed by atoms with E-state index in [0.717, 1.165) is 23.0 Å². The Bertz CT molecular complexity index is 621. The fourth-order valence-corrected chi connectivity index (χ4v) is 2.73. The van der Waals surface area contributed by atoms with Gasteiger partial charge in [0.05, 0.1) is 10.5 Å². The second-order valence-electron chi connectivity index (χ2n) is 5.75. The number of rotatable bonds is 3. The summed E-state index contributed by atoms with van der Waals surface area (Å²) in [6, 6.07) is 5.75. The molecular weight excluding hydrogens is 279 g/mol. The van der Waals surface area contributed by atoms with E-state index in [9.17, 15) is 0 Å². The lowest BCUT2D eigenvalue weighted by atomic mass is 9.84. The molecule has 2 aromatic rings. The molecule has 2 nitrogen and oxygen atoms in total. The highest BCUT2D eigenvalue weighted by Crippen LogP contribution is 2.32. The van der Waals surface area contributed by atoms with Gasteiger partial charge in [0, 0.05) is 16.1 Å². The molecule has 1 aromatic carbocycles. The Morgan fingerprint density at radius 2 is 1.89 bits per heavy atom. The van der Waals surface area contributed by atoms with E-state index in [0.29, 0.717) is 16.6 Å². The normalized spacial score (nSPS) is 12.1. The van der Waals surface area contributed by atoms with Crippen molar-refractivity contribution in [2.45, 2.75) is 27.2 Å². The van der Waals surface area contributed by atoms with Gasteiger partial charge in [0.2, 0.25) is 0 Å². The number of pyridine rings is 1. The van der Waals surface area contributed by atoms with Crippen LogP contribution in [0.4, 0.5) is 0 Å². The van der Waals surface area contributed by atoms with Crippen molar-refractivity contribution in [2.75, 3.05) is 6.54 Å². The van der Waals surface area contributed by atoms with Crippen LogP contribution in [0.15, 0.2) is 18.2 Å². The molecule has 0 bridgehead atoms. The highest BCUT2D eigenvalue weighted by Gasteiger charge is 2.19. The molecule has 0 unspecified atom stereocenters. The third kappa shape index (κ3) is 3.19. The Hall–Kier alpha value is -0.830. The van der Waals surface area contributed by atoms with Gasteiger partial charge in [0.1, 0.15) is 0 Å². The van der Waals surface area contributed by atoms with Gasteiger partial charge in [-0.2, -0.15) is 0 Å². The lowest BCUT2D eigenvalue weighted by molar-refractivity contribution is 0.378. The van der Waals surface area contributed by atoms with Gasteiger partial charge < -0.3 is 5.73 Å². The Morgan fingerprint density at radius 1 is 1.21 bits per heavy atom. The molecule has 0 aliphatic heterocycles. The van der Waals surface area contributed by atoms with E-state index in [2.05, 4.69) is 24.9 Å². The first kappa shape index (κ1) is 14.6. The number of hydrogen-bond donors (Lipinski definition) is 1. The quantitative estimate of drug-likeness (QED) is 0.913. The largest absolute Gasteiger partial charge is 0.330 e. The number of halogens is 2. The van der Waals surface area contributed by atoms with Gasteiger partial charge >= 0.3 is 0 Å². The number of fused-ring (bicyclic) bond motifs is 1. The second-order valence-corrected chi connectivity index (χ2v) is 6.60. The fourth-order valence-electron chi connectivity index (χ4n) is 2.20. The summed E-state index contributed by atoms with van der Waals surface area (Å²) in [6.07, 6.45) is 0.875. The van der Waals surface area contributed by atoms with Crippen LogP contribution < -0.4 is 5.73 Å². The summed E-state index contributed by atoms with van der Waals surface area (Å²) in [7, 11) is 0. The van der Waals surface area contributed by atoms with E-state index in [1.165, 1.54) is 5.56 Å². The number of nitrogens with two attached hydrogens (primary N) is 1. The first-order chi connectivity index (χ1) is 8.82. The molecule has 4 heteroatoms. The number of aromatic nitrogens is 1. The summed E-state index contributed by atoms with van der Waals surface area (Å²) in [5, 5.41) is 2.25. The Kier molecular flexibility index (Phi) is 4.05. The summed E-state index contributed by atoms with van der Waals surface area (Å²) in [4.78, 5) is 4.51. The van der Waals surface area contributed by atoms with Crippen LogP contribution in [-0.2, 0) is 6.42 Å². The lowest BCUT2D eigenvalue weighted by Crippen LogP contribution is -2.26. The minimum atomic E-state index is 0.0372. The van der Waals surface area contributed by atoms with Crippen molar-refractivity contribution in [2.24, 2.45) is 11.1 Å². The van der Waals surface area contributed by atoms with Gasteiger partial charge in [-0.15, -0.1) is 0 Å². The summed E-state index contributed by atoms with van der Waals surface area (Å²) in [5.41, 5.74) is 8.83.